The fourth-order valence-electron chi connectivity index (χ4n) is 0.928. The van der Waals surface area contributed by atoms with Crippen molar-refractivity contribution in [3.05, 3.63) is 23.8 Å². The number of carboxylic acid groups (broad SMARTS) is 1. The lowest BCUT2D eigenvalue weighted by atomic mass is 10.2. The van der Waals surface area contributed by atoms with Crippen molar-refractivity contribution < 1.29 is 19.7 Å². The van der Waals surface area contributed by atoms with Gasteiger partial charge in [-0.2, -0.15) is 0 Å². The summed E-state index contributed by atoms with van der Waals surface area (Å²) >= 11 is 0. The van der Waals surface area contributed by atoms with Gasteiger partial charge in [-0.3, -0.25) is 0 Å². The first-order valence-corrected chi connectivity index (χ1v) is 3.84. The van der Waals surface area contributed by atoms with Crippen LogP contribution in [0.4, 0.5) is 0 Å². The third-order valence-corrected chi connectivity index (χ3v) is 1.51. The topological polar surface area (TPSA) is 66.8 Å². The summed E-state index contributed by atoms with van der Waals surface area (Å²) < 4.78 is 5.03. The molecule has 0 spiro atoms. The van der Waals surface area contributed by atoms with Crippen LogP contribution in [0.5, 0.6) is 11.5 Å². The van der Waals surface area contributed by atoms with E-state index in [1.54, 1.807) is 6.92 Å². The summed E-state index contributed by atoms with van der Waals surface area (Å²) in [4.78, 5) is 10.5. The third kappa shape index (κ3) is 2.11. The maximum atomic E-state index is 10.5. The first-order chi connectivity index (χ1) is 6.15. The molecule has 0 heterocycles. The van der Waals surface area contributed by atoms with E-state index in [0.29, 0.717) is 12.4 Å². The summed E-state index contributed by atoms with van der Waals surface area (Å²) in [5, 5.41) is 17.9. The van der Waals surface area contributed by atoms with E-state index < -0.39 is 5.97 Å². The average molecular weight is 182 g/mol. The molecule has 0 unspecified atom stereocenters. The van der Waals surface area contributed by atoms with Crippen LogP contribution in [0.15, 0.2) is 18.2 Å². The SMILES string of the molecule is CCOc1ccc(C(=O)O)cc1O. The van der Waals surface area contributed by atoms with Gasteiger partial charge in [0.25, 0.3) is 0 Å². The van der Waals surface area contributed by atoms with Crippen molar-refractivity contribution >= 4 is 5.97 Å². The van der Waals surface area contributed by atoms with Crippen molar-refractivity contribution in [2.75, 3.05) is 6.61 Å². The van der Waals surface area contributed by atoms with E-state index in [9.17, 15) is 9.90 Å². The van der Waals surface area contributed by atoms with Gasteiger partial charge < -0.3 is 14.9 Å². The molecule has 0 saturated carbocycles. The van der Waals surface area contributed by atoms with Gasteiger partial charge in [0, 0.05) is 0 Å². The van der Waals surface area contributed by atoms with Crippen LogP contribution in [-0.4, -0.2) is 22.8 Å². The van der Waals surface area contributed by atoms with Gasteiger partial charge in [0.1, 0.15) is 0 Å². The highest BCUT2D eigenvalue weighted by Crippen LogP contribution is 2.26. The molecule has 0 atom stereocenters. The fraction of sp³-hybridized carbons (Fsp3) is 0.222. The van der Waals surface area contributed by atoms with E-state index in [-0.39, 0.29) is 11.3 Å². The maximum Gasteiger partial charge on any atom is 0.335 e. The lowest BCUT2D eigenvalue weighted by Crippen LogP contribution is -1.97. The predicted octanol–water partition coefficient (Wildman–Crippen LogP) is 1.49. The Bertz CT molecular complexity index is 319. The van der Waals surface area contributed by atoms with Crippen molar-refractivity contribution in [1.82, 2.24) is 0 Å². The molecule has 0 aromatic heterocycles. The number of rotatable bonds is 3. The molecule has 4 nitrogen and oxygen atoms in total. The van der Waals surface area contributed by atoms with Gasteiger partial charge in [0.15, 0.2) is 11.5 Å². The fourth-order valence-corrected chi connectivity index (χ4v) is 0.928. The Morgan fingerprint density at radius 2 is 2.23 bits per heavy atom. The zero-order valence-corrected chi connectivity index (χ0v) is 7.15. The summed E-state index contributed by atoms with van der Waals surface area (Å²) in [6.45, 7) is 2.21. The van der Waals surface area contributed by atoms with Crippen LogP contribution >= 0.6 is 0 Å². The summed E-state index contributed by atoms with van der Waals surface area (Å²) in [6, 6.07) is 3.97. The van der Waals surface area contributed by atoms with Crippen LogP contribution in [-0.2, 0) is 0 Å². The van der Waals surface area contributed by atoms with Gasteiger partial charge in [-0.15, -0.1) is 0 Å². The normalized spacial score (nSPS) is 9.62. The second-order valence-corrected chi connectivity index (χ2v) is 2.42. The molecule has 0 aliphatic carbocycles. The van der Waals surface area contributed by atoms with Gasteiger partial charge in [0.05, 0.1) is 12.2 Å². The number of hydrogen-bond donors (Lipinski definition) is 2. The van der Waals surface area contributed by atoms with E-state index in [4.69, 9.17) is 9.84 Å². The van der Waals surface area contributed by atoms with Crippen LogP contribution in [0.1, 0.15) is 17.3 Å². The van der Waals surface area contributed by atoms with Gasteiger partial charge in [-0.1, -0.05) is 0 Å². The molecule has 2 N–H and O–H groups in total. The Balaban J connectivity index is 2.98. The summed E-state index contributed by atoms with van der Waals surface area (Å²) in [6.07, 6.45) is 0. The van der Waals surface area contributed by atoms with Gasteiger partial charge in [0.2, 0.25) is 0 Å². The predicted molar refractivity (Wildman–Crippen MR) is 46.2 cm³/mol. The molecule has 13 heavy (non-hydrogen) atoms. The summed E-state index contributed by atoms with van der Waals surface area (Å²) in [7, 11) is 0. The highest BCUT2D eigenvalue weighted by Gasteiger charge is 2.07. The number of ether oxygens (including phenoxy) is 1. The monoisotopic (exact) mass is 182 g/mol. The Morgan fingerprint density at radius 1 is 1.54 bits per heavy atom. The van der Waals surface area contributed by atoms with Crippen molar-refractivity contribution in [2.24, 2.45) is 0 Å². The van der Waals surface area contributed by atoms with Crippen molar-refractivity contribution in [3.8, 4) is 11.5 Å². The van der Waals surface area contributed by atoms with E-state index in [1.807, 2.05) is 0 Å². The van der Waals surface area contributed by atoms with E-state index >= 15 is 0 Å². The number of carbonyl (C=O) groups is 1. The van der Waals surface area contributed by atoms with E-state index in [0.717, 1.165) is 6.07 Å². The number of aromatic hydroxyl groups is 1. The van der Waals surface area contributed by atoms with E-state index in [2.05, 4.69) is 0 Å². The number of phenolic OH excluding ortho intramolecular Hbond substituents is 1. The Hall–Kier alpha value is -1.71. The minimum atomic E-state index is -1.07. The standard InChI is InChI=1S/C9H10O4/c1-2-13-8-4-3-6(9(11)12)5-7(8)10/h3-5,10H,2H2,1H3,(H,11,12). The molecule has 1 aromatic rings. The number of aromatic carboxylic acids is 1. The van der Waals surface area contributed by atoms with Gasteiger partial charge in [-0.25, -0.2) is 4.79 Å². The molecule has 0 saturated heterocycles. The van der Waals surface area contributed by atoms with Crippen molar-refractivity contribution in [3.63, 3.8) is 0 Å². The molecule has 0 bridgehead atoms. The molecular weight excluding hydrogens is 172 g/mol. The molecule has 1 rings (SSSR count). The summed E-state index contributed by atoms with van der Waals surface area (Å²) in [5.74, 6) is -0.924. The Morgan fingerprint density at radius 3 is 2.69 bits per heavy atom. The van der Waals surface area contributed by atoms with Crippen LogP contribution in [0.3, 0.4) is 0 Å². The highest BCUT2D eigenvalue weighted by molar-refractivity contribution is 5.88. The van der Waals surface area contributed by atoms with Crippen molar-refractivity contribution in [1.29, 1.82) is 0 Å². The second-order valence-electron chi connectivity index (χ2n) is 2.42. The second kappa shape index (κ2) is 3.80. The molecular formula is C9H10O4. The average Bonchev–Trinajstić information content (AvgIpc) is 2.08. The lowest BCUT2D eigenvalue weighted by molar-refractivity contribution is 0.0696. The highest BCUT2D eigenvalue weighted by atomic mass is 16.5. The number of phenols is 1. The molecule has 0 aliphatic rings. The molecule has 0 fully saturated rings. The van der Waals surface area contributed by atoms with Crippen LogP contribution < -0.4 is 4.74 Å². The molecule has 1 aromatic carbocycles. The quantitative estimate of drug-likeness (QED) is 0.743. The smallest absolute Gasteiger partial charge is 0.335 e. The van der Waals surface area contributed by atoms with Crippen LogP contribution in [0.2, 0.25) is 0 Å². The summed E-state index contributed by atoms with van der Waals surface area (Å²) in [5.41, 5.74) is 0.0425. The van der Waals surface area contributed by atoms with Crippen molar-refractivity contribution in [2.45, 2.75) is 6.92 Å². The molecule has 0 amide bonds. The molecule has 4 heteroatoms. The molecule has 0 aliphatic heterocycles. The first-order valence-electron chi connectivity index (χ1n) is 3.84. The number of hydrogen-bond acceptors (Lipinski definition) is 3. The third-order valence-electron chi connectivity index (χ3n) is 1.51. The minimum absolute atomic E-state index is 0.0425. The largest absolute Gasteiger partial charge is 0.504 e. The molecule has 70 valence electrons. The Kier molecular flexibility index (Phi) is 2.74. The number of benzene rings is 1. The van der Waals surface area contributed by atoms with E-state index in [1.165, 1.54) is 12.1 Å². The minimum Gasteiger partial charge on any atom is -0.504 e. The number of carboxylic acids is 1. The van der Waals surface area contributed by atoms with Gasteiger partial charge in [-0.05, 0) is 25.1 Å². The first kappa shape index (κ1) is 9.38. The maximum absolute atomic E-state index is 10.5. The molecule has 0 radical (unpaired) electrons. The van der Waals surface area contributed by atoms with Crippen LogP contribution in [0.25, 0.3) is 0 Å². The van der Waals surface area contributed by atoms with Crippen LogP contribution in [0, 0.1) is 0 Å². The zero-order valence-electron chi connectivity index (χ0n) is 7.15. The zero-order chi connectivity index (χ0) is 9.84. The van der Waals surface area contributed by atoms with Gasteiger partial charge >= 0.3 is 5.97 Å². The lowest BCUT2D eigenvalue weighted by Gasteiger charge is -2.05. The Labute approximate surface area is 75.4 Å².